The van der Waals surface area contributed by atoms with E-state index in [2.05, 4.69) is 4.98 Å². The number of aromatic carboxylic acids is 1. The summed E-state index contributed by atoms with van der Waals surface area (Å²) in [5.41, 5.74) is 8.15. The van der Waals surface area contributed by atoms with Crippen LogP contribution in [-0.2, 0) is 6.61 Å². The second-order valence-corrected chi connectivity index (χ2v) is 5.26. The molecule has 3 rings (SSSR count). The summed E-state index contributed by atoms with van der Waals surface area (Å²) in [5.74, 6) is -0.397. The van der Waals surface area contributed by atoms with Gasteiger partial charge in [-0.05, 0) is 29.3 Å². The Morgan fingerprint density at radius 3 is 2.58 bits per heavy atom. The third-order valence-corrected chi connectivity index (χ3v) is 3.56. The van der Waals surface area contributed by atoms with Crippen molar-refractivity contribution in [1.29, 1.82) is 0 Å². The van der Waals surface area contributed by atoms with Gasteiger partial charge in [0.15, 0.2) is 0 Å². The van der Waals surface area contributed by atoms with Gasteiger partial charge in [0.2, 0.25) is 0 Å². The Labute approximate surface area is 139 Å². The molecule has 0 bridgehead atoms. The largest absolute Gasteiger partial charge is 0.489 e. The van der Waals surface area contributed by atoms with Crippen molar-refractivity contribution in [3.63, 3.8) is 0 Å². The monoisotopic (exact) mass is 320 g/mol. The van der Waals surface area contributed by atoms with Crippen molar-refractivity contribution in [1.82, 2.24) is 4.98 Å². The average Bonchev–Trinajstić information content (AvgIpc) is 2.61. The van der Waals surface area contributed by atoms with E-state index in [1.807, 2.05) is 54.6 Å². The van der Waals surface area contributed by atoms with E-state index in [4.69, 9.17) is 15.6 Å². The average molecular weight is 320 g/mol. The first kappa shape index (κ1) is 15.6. The number of anilines is 1. The molecule has 120 valence electrons. The number of benzene rings is 2. The van der Waals surface area contributed by atoms with Crippen molar-refractivity contribution in [2.45, 2.75) is 6.61 Å². The van der Waals surface area contributed by atoms with Crippen LogP contribution < -0.4 is 10.5 Å². The van der Waals surface area contributed by atoms with Gasteiger partial charge in [-0.1, -0.05) is 42.5 Å². The summed E-state index contributed by atoms with van der Waals surface area (Å²) >= 11 is 0. The first-order chi connectivity index (χ1) is 11.6. The number of rotatable bonds is 5. The summed E-state index contributed by atoms with van der Waals surface area (Å²) in [6, 6.07) is 18.8. The van der Waals surface area contributed by atoms with E-state index in [-0.39, 0.29) is 11.4 Å². The predicted molar refractivity (Wildman–Crippen MR) is 91.8 cm³/mol. The van der Waals surface area contributed by atoms with Crippen LogP contribution in [0.1, 0.15) is 15.9 Å². The van der Waals surface area contributed by atoms with Crippen LogP contribution in [0.3, 0.4) is 0 Å². The molecule has 5 nitrogen and oxygen atoms in total. The van der Waals surface area contributed by atoms with Crippen LogP contribution in [-0.4, -0.2) is 16.1 Å². The first-order valence-electron chi connectivity index (χ1n) is 7.39. The molecule has 24 heavy (non-hydrogen) atoms. The minimum Gasteiger partial charge on any atom is -0.489 e. The fourth-order valence-electron chi connectivity index (χ4n) is 2.31. The molecule has 3 N–H and O–H groups in total. The zero-order valence-electron chi connectivity index (χ0n) is 12.8. The minimum atomic E-state index is -1.10. The fraction of sp³-hybridized carbons (Fsp3) is 0.0526. The van der Waals surface area contributed by atoms with Gasteiger partial charge in [0.1, 0.15) is 23.7 Å². The van der Waals surface area contributed by atoms with Crippen molar-refractivity contribution >= 4 is 11.8 Å². The number of ether oxygens (including phenoxy) is 1. The Bertz CT molecular complexity index is 863. The van der Waals surface area contributed by atoms with Crippen LogP contribution in [0, 0.1) is 0 Å². The molecule has 0 unspecified atom stereocenters. The zero-order valence-corrected chi connectivity index (χ0v) is 12.8. The van der Waals surface area contributed by atoms with Crippen LogP contribution in [0.25, 0.3) is 11.1 Å². The lowest BCUT2D eigenvalue weighted by Crippen LogP contribution is -2.04. The Kier molecular flexibility index (Phi) is 4.43. The molecule has 0 aliphatic carbocycles. The van der Waals surface area contributed by atoms with Gasteiger partial charge < -0.3 is 15.6 Å². The van der Waals surface area contributed by atoms with E-state index in [1.165, 1.54) is 6.07 Å². The molecule has 1 heterocycles. The Morgan fingerprint density at radius 1 is 1.04 bits per heavy atom. The second kappa shape index (κ2) is 6.83. The number of hydrogen-bond donors (Lipinski definition) is 2. The topological polar surface area (TPSA) is 85.4 Å². The van der Waals surface area contributed by atoms with Gasteiger partial charge in [-0.25, -0.2) is 9.78 Å². The lowest BCUT2D eigenvalue weighted by molar-refractivity contribution is 0.0697. The molecule has 0 radical (unpaired) electrons. The Balaban J connectivity index is 1.83. The van der Waals surface area contributed by atoms with Gasteiger partial charge in [-0.3, -0.25) is 0 Å². The van der Waals surface area contributed by atoms with E-state index >= 15 is 0 Å². The van der Waals surface area contributed by atoms with Crippen LogP contribution >= 0.6 is 0 Å². The molecular weight excluding hydrogens is 304 g/mol. The van der Waals surface area contributed by atoms with Crippen LogP contribution in [0.2, 0.25) is 0 Å². The van der Waals surface area contributed by atoms with E-state index < -0.39 is 5.97 Å². The summed E-state index contributed by atoms with van der Waals surface area (Å²) in [6.07, 6.45) is 1.55. The van der Waals surface area contributed by atoms with Gasteiger partial charge in [-0.15, -0.1) is 0 Å². The fourth-order valence-corrected chi connectivity index (χ4v) is 2.31. The van der Waals surface area contributed by atoms with Gasteiger partial charge in [0.05, 0.1) is 0 Å². The maximum absolute atomic E-state index is 11.2. The van der Waals surface area contributed by atoms with Crippen molar-refractivity contribution in [2.75, 3.05) is 5.73 Å². The van der Waals surface area contributed by atoms with Gasteiger partial charge >= 0.3 is 5.97 Å². The van der Waals surface area contributed by atoms with Crippen LogP contribution in [0.5, 0.6) is 5.75 Å². The number of pyridine rings is 1. The highest BCUT2D eigenvalue weighted by atomic mass is 16.5. The number of aromatic nitrogens is 1. The molecule has 0 aliphatic heterocycles. The quantitative estimate of drug-likeness (QED) is 0.750. The number of carbonyl (C=O) groups is 1. The SMILES string of the molecule is Nc1ncc(-c2cccc(OCc3ccccc3)c2)cc1C(=O)O. The molecule has 0 saturated heterocycles. The highest BCUT2D eigenvalue weighted by Crippen LogP contribution is 2.26. The smallest absolute Gasteiger partial charge is 0.339 e. The van der Waals surface area contributed by atoms with Crippen molar-refractivity contribution in [2.24, 2.45) is 0 Å². The van der Waals surface area contributed by atoms with Crippen molar-refractivity contribution < 1.29 is 14.6 Å². The summed E-state index contributed by atoms with van der Waals surface area (Å²) in [5, 5.41) is 9.16. The first-order valence-corrected chi connectivity index (χ1v) is 7.39. The van der Waals surface area contributed by atoms with E-state index in [1.54, 1.807) is 6.20 Å². The van der Waals surface area contributed by atoms with Crippen LogP contribution in [0.4, 0.5) is 5.82 Å². The highest BCUT2D eigenvalue weighted by Gasteiger charge is 2.11. The highest BCUT2D eigenvalue weighted by molar-refractivity contribution is 5.94. The standard InChI is InChI=1S/C19H16N2O3/c20-18-17(19(22)23)10-15(11-21-18)14-7-4-8-16(9-14)24-12-13-5-2-1-3-6-13/h1-11H,12H2,(H2,20,21)(H,22,23). The van der Waals surface area contributed by atoms with E-state index in [9.17, 15) is 4.79 Å². The molecule has 0 atom stereocenters. The Hall–Kier alpha value is -3.34. The number of carboxylic acids is 1. The summed E-state index contributed by atoms with van der Waals surface area (Å²) in [7, 11) is 0. The van der Waals surface area contributed by atoms with E-state index in [0.29, 0.717) is 17.9 Å². The molecule has 2 aromatic carbocycles. The summed E-state index contributed by atoms with van der Waals surface area (Å²) in [6.45, 7) is 0.463. The molecule has 0 amide bonds. The zero-order chi connectivity index (χ0) is 16.9. The maximum atomic E-state index is 11.2. The molecular formula is C19H16N2O3. The number of hydrogen-bond acceptors (Lipinski definition) is 4. The molecule has 0 fully saturated rings. The number of nitrogen functional groups attached to an aromatic ring is 1. The molecule has 1 aromatic heterocycles. The second-order valence-electron chi connectivity index (χ2n) is 5.26. The van der Waals surface area contributed by atoms with Crippen LogP contribution in [0.15, 0.2) is 66.9 Å². The maximum Gasteiger partial charge on any atom is 0.339 e. The molecule has 5 heteroatoms. The molecule has 0 saturated carbocycles. The third-order valence-electron chi connectivity index (χ3n) is 3.56. The van der Waals surface area contributed by atoms with Gasteiger partial charge in [0.25, 0.3) is 0 Å². The van der Waals surface area contributed by atoms with E-state index in [0.717, 1.165) is 11.1 Å². The minimum absolute atomic E-state index is 0.00253. The molecule has 0 aliphatic rings. The Morgan fingerprint density at radius 2 is 1.83 bits per heavy atom. The summed E-state index contributed by atoms with van der Waals surface area (Å²) < 4.78 is 5.79. The third kappa shape index (κ3) is 3.52. The lowest BCUT2D eigenvalue weighted by atomic mass is 10.1. The molecule has 3 aromatic rings. The number of nitrogens with two attached hydrogens (primary N) is 1. The predicted octanol–water partition coefficient (Wildman–Crippen LogP) is 3.61. The number of carboxylic acid groups (broad SMARTS) is 1. The normalized spacial score (nSPS) is 10.3. The van der Waals surface area contributed by atoms with Crippen molar-refractivity contribution in [3.05, 3.63) is 78.0 Å². The number of nitrogens with zero attached hydrogens (tertiary/aromatic N) is 1. The summed E-state index contributed by atoms with van der Waals surface area (Å²) in [4.78, 5) is 15.1. The van der Waals surface area contributed by atoms with Gasteiger partial charge in [0, 0.05) is 11.8 Å². The van der Waals surface area contributed by atoms with Gasteiger partial charge in [-0.2, -0.15) is 0 Å². The lowest BCUT2D eigenvalue weighted by Gasteiger charge is -2.09. The van der Waals surface area contributed by atoms with Crippen molar-refractivity contribution in [3.8, 4) is 16.9 Å². The molecule has 0 spiro atoms.